The molecule has 0 fully saturated rings. The van der Waals surface area contributed by atoms with Crippen LogP contribution in [0.1, 0.15) is 24.6 Å². The molecule has 4 nitrogen and oxygen atoms in total. The summed E-state index contributed by atoms with van der Waals surface area (Å²) in [6, 6.07) is 0. The molecule has 1 aromatic heterocycles. The number of hydrogen-bond acceptors (Lipinski definition) is 3. The van der Waals surface area contributed by atoms with Crippen LogP contribution in [0.5, 0.6) is 0 Å². The highest BCUT2D eigenvalue weighted by molar-refractivity contribution is 5.15. The van der Waals surface area contributed by atoms with Gasteiger partial charge in [0.05, 0.1) is 18.6 Å². The molecule has 1 heterocycles. The van der Waals surface area contributed by atoms with Crippen LogP contribution in [-0.2, 0) is 13.0 Å². The van der Waals surface area contributed by atoms with E-state index in [1.165, 1.54) is 6.33 Å². The van der Waals surface area contributed by atoms with Crippen molar-refractivity contribution in [3.05, 3.63) is 27.9 Å². The van der Waals surface area contributed by atoms with E-state index >= 15 is 0 Å². The van der Waals surface area contributed by atoms with Crippen molar-refractivity contribution >= 4 is 0 Å². The first-order chi connectivity index (χ1) is 5.79. The van der Waals surface area contributed by atoms with Gasteiger partial charge in [0.25, 0.3) is 5.56 Å². The summed E-state index contributed by atoms with van der Waals surface area (Å²) in [5.74, 6) is 0. The highest BCUT2D eigenvalue weighted by Gasteiger charge is 2.05. The average molecular weight is 168 g/mol. The second-order valence-electron chi connectivity index (χ2n) is 2.57. The normalized spacial score (nSPS) is 10.2. The number of rotatable bonds is 3. The Balaban J connectivity index is 3.11. The second kappa shape index (κ2) is 4.01. The van der Waals surface area contributed by atoms with Crippen molar-refractivity contribution in [2.75, 3.05) is 0 Å². The predicted molar refractivity (Wildman–Crippen MR) is 44.8 cm³/mol. The van der Waals surface area contributed by atoms with Crippen molar-refractivity contribution in [3.63, 3.8) is 0 Å². The monoisotopic (exact) mass is 168 g/mol. The van der Waals surface area contributed by atoms with E-state index in [1.54, 1.807) is 0 Å². The molecule has 0 aliphatic heterocycles. The summed E-state index contributed by atoms with van der Waals surface area (Å²) in [5, 5.41) is 8.85. The number of aliphatic hydroxyl groups is 1. The first-order valence-corrected chi connectivity index (χ1v) is 3.96. The molecule has 0 amide bonds. The van der Waals surface area contributed by atoms with Gasteiger partial charge in [0, 0.05) is 5.56 Å². The molecule has 1 rings (SSSR count). The van der Waals surface area contributed by atoms with E-state index in [0.29, 0.717) is 17.7 Å². The standard InChI is InChI=1S/C8H12N2O2/c1-2-3-6-7(4-11)9-5-10-8(6)12/h5,11H,2-4H2,1H3,(H,9,10,12). The van der Waals surface area contributed by atoms with E-state index < -0.39 is 0 Å². The van der Waals surface area contributed by atoms with Gasteiger partial charge >= 0.3 is 0 Å². The average Bonchev–Trinajstić information content (AvgIpc) is 2.09. The molecule has 0 unspecified atom stereocenters. The molecule has 4 heteroatoms. The number of aromatic nitrogens is 2. The van der Waals surface area contributed by atoms with Gasteiger partial charge in [0.2, 0.25) is 0 Å². The zero-order valence-corrected chi connectivity index (χ0v) is 7.00. The lowest BCUT2D eigenvalue weighted by Gasteiger charge is -2.01. The number of hydrogen-bond donors (Lipinski definition) is 2. The first-order valence-electron chi connectivity index (χ1n) is 3.96. The van der Waals surface area contributed by atoms with Crippen LogP contribution in [0.4, 0.5) is 0 Å². The Labute approximate surface area is 70.3 Å². The van der Waals surface area contributed by atoms with Gasteiger partial charge in [-0.2, -0.15) is 0 Å². The molecule has 0 aliphatic rings. The molecule has 12 heavy (non-hydrogen) atoms. The Hall–Kier alpha value is -1.16. The third kappa shape index (κ3) is 1.71. The highest BCUT2D eigenvalue weighted by Crippen LogP contribution is 2.01. The molecule has 0 aromatic carbocycles. The fourth-order valence-electron chi connectivity index (χ4n) is 1.11. The fraction of sp³-hybridized carbons (Fsp3) is 0.500. The molecule has 0 atom stereocenters. The SMILES string of the molecule is CCCc1c(CO)nc[nH]c1=O. The van der Waals surface area contributed by atoms with Crippen molar-refractivity contribution in [2.45, 2.75) is 26.4 Å². The van der Waals surface area contributed by atoms with Crippen LogP contribution < -0.4 is 5.56 Å². The molecule has 2 N–H and O–H groups in total. The largest absolute Gasteiger partial charge is 0.390 e. The Morgan fingerprint density at radius 1 is 1.67 bits per heavy atom. The van der Waals surface area contributed by atoms with Crippen molar-refractivity contribution < 1.29 is 5.11 Å². The van der Waals surface area contributed by atoms with E-state index in [2.05, 4.69) is 9.97 Å². The third-order valence-electron chi connectivity index (χ3n) is 1.69. The van der Waals surface area contributed by atoms with Crippen LogP contribution in [0.3, 0.4) is 0 Å². The molecular weight excluding hydrogens is 156 g/mol. The Morgan fingerprint density at radius 3 is 3.00 bits per heavy atom. The van der Waals surface area contributed by atoms with Crippen molar-refractivity contribution in [1.29, 1.82) is 0 Å². The number of aliphatic hydroxyl groups excluding tert-OH is 1. The molecule has 1 aromatic rings. The zero-order valence-electron chi connectivity index (χ0n) is 7.00. The summed E-state index contributed by atoms with van der Waals surface area (Å²) >= 11 is 0. The number of nitrogens with zero attached hydrogens (tertiary/aromatic N) is 1. The maximum Gasteiger partial charge on any atom is 0.254 e. The lowest BCUT2D eigenvalue weighted by Crippen LogP contribution is -2.16. The summed E-state index contributed by atoms with van der Waals surface area (Å²) in [6.07, 6.45) is 2.86. The quantitative estimate of drug-likeness (QED) is 0.678. The van der Waals surface area contributed by atoms with Crippen molar-refractivity contribution in [3.8, 4) is 0 Å². The summed E-state index contributed by atoms with van der Waals surface area (Å²) in [6.45, 7) is 1.81. The maximum atomic E-state index is 11.2. The van der Waals surface area contributed by atoms with Crippen LogP contribution in [0, 0.1) is 0 Å². The van der Waals surface area contributed by atoms with Crippen molar-refractivity contribution in [2.24, 2.45) is 0 Å². The number of nitrogens with one attached hydrogen (secondary N) is 1. The van der Waals surface area contributed by atoms with E-state index in [0.717, 1.165) is 6.42 Å². The zero-order chi connectivity index (χ0) is 8.97. The molecule has 0 saturated heterocycles. The van der Waals surface area contributed by atoms with E-state index in [9.17, 15) is 4.79 Å². The smallest absolute Gasteiger partial charge is 0.254 e. The van der Waals surface area contributed by atoms with Gasteiger partial charge in [-0.3, -0.25) is 4.79 Å². The second-order valence-corrected chi connectivity index (χ2v) is 2.57. The van der Waals surface area contributed by atoms with Gasteiger partial charge in [-0.05, 0) is 6.42 Å². The minimum Gasteiger partial charge on any atom is -0.390 e. The third-order valence-corrected chi connectivity index (χ3v) is 1.69. The van der Waals surface area contributed by atoms with Gasteiger partial charge in [0.1, 0.15) is 0 Å². The maximum absolute atomic E-state index is 11.2. The minimum absolute atomic E-state index is 0.143. The van der Waals surface area contributed by atoms with E-state index in [1.807, 2.05) is 6.92 Å². The Kier molecular flexibility index (Phi) is 2.99. The molecule has 0 aliphatic carbocycles. The van der Waals surface area contributed by atoms with Gasteiger partial charge in [-0.15, -0.1) is 0 Å². The summed E-state index contributed by atoms with van der Waals surface area (Å²) < 4.78 is 0. The van der Waals surface area contributed by atoms with Crippen LogP contribution >= 0.6 is 0 Å². The molecule has 0 spiro atoms. The van der Waals surface area contributed by atoms with Gasteiger partial charge in [0.15, 0.2) is 0 Å². The Bertz CT molecular complexity index is 306. The van der Waals surface area contributed by atoms with Crippen molar-refractivity contribution in [1.82, 2.24) is 9.97 Å². The van der Waals surface area contributed by atoms with E-state index in [-0.39, 0.29) is 12.2 Å². The minimum atomic E-state index is -0.167. The number of aromatic amines is 1. The lowest BCUT2D eigenvalue weighted by molar-refractivity contribution is 0.275. The molecule has 66 valence electrons. The first kappa shape index (κ1) is 8.93. The molecule has 0 bridgehead atoms. The van der Waals surface area contributed by atoms with Crippen LogP contribution in [0.2, 0.25) is 0 Å². The Morgan fingerprint density at radius 2 is 2.42 bits per heavy atom. The summed E-state index contributed by atoms with van der Waals surface area (Å²) in [5.41, 5.74) is 0.944. The van der Waals surface area contributed by atoms with Crippen LogP contribution in [0.15, 0.2) is 11.1 Å². The van der Waals surface area contributed by atoms with Gasteiger partial charge < -0.3 is 10.1 Å². The van der Waals surface area contributed by atoms with Crippen LogP contribution in [-0.4, -0.2) is 15.1 Å². The van der Waals surface area contributed by atoms with Crippen LogP contribution in [0.25, 0.3) is 0 Å². The molecular formula is C8H12N2O2. The van der Waals surface area contributed by atoms with E-state index in [4.69, 9.17) is 5.11 Å². The fourth-order valence-corrected chi connectivity index (χ4v) is 1.11. The predicted octanol–water partition coefficient (Wildman–Crippen LogP) is 0.215. The molecule has 0 radical (unpaired) electrons. The summed E-state index contributed by atoms with van der Waals surface area (Å²) in [4.78, 5) is 17.5. The van der Waals surface area contributed by atoms with Gasteiger partial charge in [-0.25, -0.2) is 4.98 Å². The molecule has 0 saturated carbocycles. The number of H-pyrrole nitrogens is 1. The highest BCUT2D eigenvalue weighted by atomic mass is 16.3. The lowest BCUT2D eigenvalue weighted by atomic mass is 10.1. The van der Waals surface area contributed by atoms with Gasteiger partial charge in [-0.1, -0.05) is 13.3 Å². The summed E-state index contributed by atoms with van der Waals surface area (Å²) in [7, 11) is 0. The topological polar surface area (TPSA) is 66.0 Å².